The highest BCUT2D eigenvalue weighted by Crippen LogP contribution is 2.30. The van der Waals surface area contributed by atoms with Crippen molar-refractivity contribution in [3.63, 3.8) is 0 Å². The second kappa shape index (κ2) is 6.53. The summed E-state index contributed by atoms with van der Waals surface area (Å²) in [5, 5.41) is 13.7. The molecule has 0 radical (unpaired) electrons. The van der Waals surface area contributed by atoms with Gasteiger partial charge in [0, 0.05) is 32.3 Å². The lowest BCUT2D eigenvalue weighted by Gasteiger charge is -2.30. The van der Waals surface area contributed by atoms with Crippen LogP contribution < -0.4 is 16.0 Å². The van der Waals surface area contributed by atoms with E-state index in [0.29, 0.717) is 18.8 Å². The van der Waals surface area contributed by atoms with E-state index in [9.17, 15) is 14.9 Å². The molecule has 0 atom stereocenters. The van der Waals surface area contributed by atoms with Crippen molar-refractivity contribution in [3.8, 4) is 0 Å². The molecule has 1 rings (SSSR count). The smallest absolute Gasteiger partial charge is 0.293 e. The molecule has 0 aromatic heterocycles. The maximum atomic E-state index is 11.6. The molecule has 1 aromatic carbocycles. The minimum atomic E-state index is -0.478. The molecule has 0 aliphatic rings. The van der Waals surface area contributed by atoms with Crippen molar-refractivity contribution >= 4 is 17.3 Å². The van der Waals surface area contributed by atoms with Crippen LogP contribution in [0.25, 0.3) is 0 Å². The van der Waals surface area contributed by atoms with Gasteiger partial charge in [0.15, 0.2) is 0 Å². The lowest BCUT2D eigenvalue weighted by Crippen LogP contribution is -2.37. The van der Waals surface area contributed by atoms with Gasteiger partial charge in [-0.1, -0.05) is 13.8 Å². The Morgan fingerprint density at radius 3 is 2.57 bits per heavy atom. The Hall–Kier alpha value is -2.15. The molecule has 0 fully saturated rings. The SMILES string of the molecule is CNC(=O)c1ccc(N(C)CC(C)(C)CN)c([N+](=O)[O-])c1. The average molecular weight is 294 g/mol. The summed E-state index contributed by atoms with van der Waals surface area (Å²) in [4.78, 5) is 24.1. The molecule has 0 unspecified atom stereocenters. The highest BCUT2D eigenvalue weighted by molar-refractivity contribution is 5.95. The van der Waals surface area contributed by atoms with E-state index in [1.54, 1.807) is 24.1 Å². The van der Waals surface area contributed by atoms with Crippen LogP contribution in [0.4, 0.5) is 11.4 Å². The number of benzene rings is 1. The Balaban J connectivity index is 3.18. The lowest BCUT2D eigenvalue weighted by molar-refractivity contribution is -0.384. The normalized spacial score (nSPS) is 11.1. The number of hydrogen-bond acceptors (Lipinski definition) is 5. The standard InChI is InChI=1S/C14H22N4O3/c1-14(2,8-15)9-17(4)11-6-5-10(13(19)16-3)7-12(11)18(20)21/h5-7H,8-9,15H2,1-4H3,(H,16,19). The maximum absolute atomic E-state index is 11.6. The first-order chi connectivity index (χ1) is 9.71. The fourth-order valence-corrected chi connectivity index (χ4v) is 2.07. The van der Waals surface area contributed by atoms with Gasteiger partial charge in [0.1, 0.15) is 5.69 Å². The first-order valence-electron chi connectivity index (χ1n) is 6.63. The fraction of sp³-hybridized carbons (Fsp3) is 0.500. The summed E-state index contributed by atoms with van der Waals surface area (Å²) in [6.45, 7) is 5.04. The second-order valence-electron chi connectivity index (χ2n) is 5.76. The van der Waals surface area contributed by atoms with Gasteiger partial charge >= 0.3 is 0 Å². The number of nitro benzene ring substituents is 1. The van der Waals surface area contributed by atoms with E-state index in [-0.39, 0.29) is 22.6 Å². The fourth-order valence-electron chi connectivity index (χ4n) is 2.07. The Labute approximate surface area is 124 Å². The monoisotopic (exact) mass is 294 g/mol. The molecule has 0 heterocycles. The molecule has 0 aliphatic heterocycles. The molecule has 1 amide bonds. The molecule has 0 spiro atoms. The second-order valence-corrected chi connectivity index (χ2v) is 5.76. The number of hydrogen-bond donors (Lipinski definition) is 2. The van der Waals surface area contributed by atoms with E-state index in [1.165, 1.54) is 13.1 Å². The van der Waals surface area contributed by atoms with Crippen molar-refractivity contribution in [2.75, 3.05) is 32.1 Å². The van der Waals surface area contributed by atoms with Crippen molar-refractivity contribution in [1.29, 1.82) is 0 Å². The van der Waals surface area contributed by atoms with Crippen molar-refractivity contribution in [2.24, 2.45) is 11.1 Å². The van der Waals surface area contributed by atoms with E-state index in [4.69, 9.17) is 5.73 Å². The van der Waals surface area contributed by atoms with Gasteiger partial charge in [-0.05, 0) is 24.1 Å². The number of carbonyl (C=O) groups is 1. The minimum Gasteiger partial charge on any atom is -0.368 e. The van der Waals surface area contributed by atoms with Crippen LogP contribution in [-0.4, -0.2) is 38.0 Å². The molecule has 0 saturated carbocycles. The number of nitrogens with two attached hydrogens (primary N) is 1. The summed E-state index contributed by atoms with van der Waals surface area (Å²) in [6, 6.07) is 4.46. The van der Waals surface area contributed by atoms with Crippen LogP contribution in [0.3, 0.4) is 0 Å². The van der Waals surface area contributed by atoms with Crippen molar-refractivity contribution in [3.05, 3.63) is 33.9 Å². The van der Waals surface area contributed by atoms with Crippen LogP contribution in [-0.2, 0) is 0 Å². The third-order valence-electron chi connectivity index (χ3n) is 3.29. The average Bonchev–Trinajstić information content (AvgIpc) is 2.45. The Morgan fingerprint density at radius 2 is 2.10 bits per heavy atom. The minimum absolute atomic E-state index is 0.0913. The summed E-state index contributed by atoms with van der Waals surface area (Å²) in [5.41, 5.74) is 6.17. The van der Waals surface area contributed by atoms with E-state index < -0.39 is 4.92 Å². The zero-order valence-electron chi connectivity index (χ0n) is 12.8. The van der Waals surface area contributed by atoms with Gasteiger partial charge in [0.05, 0.1) is 4.92 Å². The number of amides is 1. The van der Waals surface area contributed by atoms with Gasteiger partial charge in [-0.15, -0.1) is 0 Å². The third kappa shape index (κ3) is 4.16. The molecule has 21 heavy (non-hydrogen) atoms. The molecule has 7 nitrogen and oxygen atoms in total. The first kappa shape index (κ1) is 16.9. The van der Waals surface area contributed by atoms with E-state index >= 15 is 0 Å². The molecule has 116 valence electrons. The number of carbonyl (C=O) groups excluding carboxylic acids is 1. The maximum Gasteiger partial charge on any atom is 0.293 e. The van der Waals surface area contributed by atoms with Gasteiger partial charge in [0.25, 0.3) is 11.6 Å². The highest BCUT2D eigenvalue weighted by Gasteiger charge is 2.24. The number of anilines is 1. The number of rotatable bonds is 6. The number of nitrogens with one attached hydrogen (secondary N) is 1. The number of nitro groups is 1. The van der Waals surface area contributed by atoms with Crippen LogP contribution in [0.2, 0.25) is 0 Å². The molecule has 1 aromatic rings. The first-order valence-corrected chi connectivity index (χ1v) is 6.63. The molecule has 0 bridgehead atoms. The predicted octanol–water partition coefficient (Wildman–Crippen LogP) is 1.38. The van der Waals surface area contributed by atoms with Crippen molar-refractivity contribution < 1.29 is 9.72 Å². The van der Waals surface area contributed by atoms with Crippen molar-refractivity contribution in [1.82, 2.24) is 5.32 Å². The predicted molar refractivity (Wildman–Crippen MR) is 82.6 cm³/mol. The number of nitrogens with zero attached hydrogens (tertiary/aromatic N) is 2. The zero-order valence-corrected chi connectivity index (χ0v) is 12.8. The Morgan fingerprint density at radius 1 is 1.48 bits per heavy atom. The van der Waals surface area contributed by atoms with Crippen molar-refractivity contribution in [2.45, 2.75) is 13.8 Å². The van der Waals surface area contributed by atoms with Crippen LogP contribution in [0.15, 0.2) is 18.2 Å². The summed E-state index contributed by atoms with van der Waals surface area (Å²) in [7, 11) is 3.26. The Bertz CT molecular complexity index is 543. The summed E-state index contributed by atoms with van der Waals surface area (Å²) >= 11 is 0. The molecular formula is C14H22N4O3. The topological polar surface area (TPSA) is 102 Å². The molecule has 7 heteroatoms. The van der Waals surface area contributed by atoms with Gasteiger partial charge < -0.3 is 16.0 Å². The molecule has 0 aliphatic carbocycles. The molecule has 0 saturated heterocycles. The zero-order chi connectivity index (χ0) is 16.2. The summed E-state index contributed by atoms with van der Waals surface area (Å²) < 4.78 is 0. The van der Waals surface area contributed by atoms with E-state index in [2.05, 4.69) is 5.32 Å². The van der Waals surface area contributed by atoms with Gasteiger partial charge in [0.2, 0.25) is 0 Å². The highest BCUT2D eigenvalue weighted by atomic mass is 16.6. The van der Waals surface area contributed by atoms with E-state index in [1.807, 2.05) is 13.8 Å². The van der Waals surface area contributed by atoms with Gasteiger partial charge in [-0.25, -0.2) is 0 Å². The molecule has 3 N–H and O–H groups in total. The molecular weight excluding hydrogens is 272 g/mol. The van der Waals surface area contributed by atoms with Crippen LogP contribution in [0.1, 0.15) is 24.2 Å². The van der Waals surface area contributed by atoms with Crippen LogP contribution >= 0.6 is 0 Å². The van der Waals surface area contributed by atoms with E-state index in [0.717, 1.165) is 0 Å². The Kier molecular flexibility index (Phi) is 5.26. The van der Waals surface area contributed by atoms with Gasteiger partial charge in [-0.2, -0.15) is 0 Å². The largest absolute Gasteiger partial charge is 0.368 e. The summed E-state index contributed by atoms with van der Waals surface area (Å²) in [5.74, 6) is -0.352. The third-order valence-corrected chi connectivity index (χ3v) is 3.29. The quantitative estimate of drug-likeness (QED) is 0.609. The van der Waals surface area contributed by atoms with Crippen LogP contribution in [0.5, 0.6) is 0 Å². The van der Waals surface area contributed by atoms with Gasteiger partial charge in [-0.3, -0.25) is 14.9 Å². The van der Waals surface area contributed by atoms with Crippen LogP contribution in [0, 0.1) is 15.5 Å². The lowest BCUT2D eigenvalue weighted by atomic mass is 9.93. The summed E-state index contributed by atoms with van der Waals surface area (Å²) in [6.07, 6.45) is 0.